The first-order valence-corrected chi connectivity index (χ1v) is 26.9. The van der Waals surface area contributed by atoms with Crippen LogP contribution in [0.4, 0.5) is 25.8 Å². The second-order valence-electron chi connectivity index (χ2n) is 21.5. The molecular formula is C61H64F2N6O13. The Morgan fingerprint density at radius 1 is 0.927 bits per heavy atom. The van der Waals surface area contributed by atoms with Gasteiger partial charge in [0.1, 0.15) is 40.3 Å². The molecule has 5 aromatic rings. The van der Waals surface area contributed by atoms with Crippen molar-refractivity contribution < 1.29 is 72.5 Å². The number of hydrogen-bond acceptors (Lipinski definition) is 16. The molecule has 0 radical (unpaired) electrons. The number of Topliss-reactive ketones (excluding diaryl/α,β-unsaturated/α-hetero) is 1. The average Bonchev–Trinajstić information content (AvgIpc) is 3.34. The topological polar surface area (TPSA) is 278 Å². The molecule has 10 rings (SSSR count). The van der Waals surface area contributed by atoms with Crippen molar-refractivity contribution in [2.24, 2.45) is 21.8 Å². The standard InChI is InChI=1S/C61H64F2N6O13/c1-32-14-12-15-34(3)56(75)65-50-49-48(45-46(52(50)73)51(72)35(4)53-47(45)55(74)59(6,82-53)80-29-13-16-33(2)44(81-36(5)70)31-39(71)23-21-32)67-60(68-49)25-27-69(28-26-60)43-24-22-38(62)30-42(43)64-58(77)54(61(78,79)37-17-8-7-9-18-37)66-57(76)40-19-10-11-20-41(40)63/h7-15,17-20,22,24,29-30,32-33,39,44,54,71-73,78-79H,16,21,23,25-28,31H2,1-6H3,(H,64,77)(H,65,75)(H,66,76)/b14-12+,29-13+,34-15-/t32?,33-,39?,44?,54?,59-/m1/s1. The van der Waals surface area contributed by atoms with Crippen molar-refractivity contribution in [3.05, 3.63) is 154 Å². The number of esters is 1. The lowest BCUT2D eigenvalue weighted by Crippen LogP contribution is -2.57. The van der Waals surface area contributed by atoms with Crippen molar-refractivity contribution in [2.75, 3.05) is 28.6 Å². The summed E-state index contributed by atoms with van der Waals surface area (Å²) in [7, 11) is 0. The van der Waals surface area contributed by atoms with E-state index in [9.17, 15) is 53.9 Å². The van der Waals surface area contributed by atoms with Gasteiger partial charge in [-0.05, 0) is 81.4 Å². The quantitative estimate of drug-likeness (QED) is 0.0439. The molecule has 1 saturated heterocycles. The van der Waals surface area contributed by atoms with Crippen LogP contribution in [-0.4, -0.2) is 97.8 Å². The number of aliphatic hydroxyl groups is 3. The van der Waals surface area contributed by atoms with Gasteiger partial charge < -0.3 is 60.6 Å². The Labute approximate surface area is 470 Å². The highest BCUT2D eigenvalue weighted by molar-refractivity contribution is 6.19. The molecule has 1 spiro atoms. The summed E-state index contributed by atoms with van der Waals surface area (Å²) in [6, 6.07) is 13.4. The number of aliphatic hydroxyl groups excluding tert-OH is 1. The number of carbonyl (C=O) groups excluding carboxylic acids is 5. The van der Waals surface area contributed by atoms with E-state index in [1.807, 2.05) is 19.9 Å². The van der Waals surface area contributed by atoms with Crippen LogP contribution in [0.2, 0.25) is 0 Å². The number of rotatable bonds is 8. The molecular weight excluding hydrogens is 1060 g/mol. The summed E-state index contributed by atoms with van der Waals surface area (Å²) >= 11 is 0. The number of allylic oxidation sites excluding steroid dienone is 4. The maximum atomic E-state index is 15.2. The zero-order chi connectivity index (χ0) is 59.0. The molecule has 5 aromatic carbocycles. The molecule has 4 unspecified atom stereocenters. The molecule has 82 heavy (non-hydrogen) atoms. The van der Waals surface area contributed by atoms with Crippen LogP contribution in [0.5, 0.6) is 17.2 Å². The maximum absolute atomic E-state index is 15.2. The van der Waals surface area contributed by atoms with E-state index in [-0.39, 0.29) is 111 Å². The fourth-order valence-corrected chi connectivity index (χ4v) is 10.7. The van der Waals surface area contributed by atoms with Crippen molar-refractivity contribution in [1.29, 1.82) is 0 Å². The number of piperidine rings is 1. The Kier molecular flexibility index (Phi) is 16.4. The number of fused-ring (bicyclic) bond motifs is 13. The van der Waals surface area contributed by atoms with Crippen molar-refractivity contribution in [2.45, 2.75) is 116 Å². The summed E-state index contributed by atoms with van der Waals surface area (Å²) in [4.78, 5) is 81.0. The first-order chi connectivity index (χ1) is 38.9. The molecule has 5 bridgehead atoms. The van der Waals surface area contributed by atoms with Crippen LogP contribution in [0, 0.1) is 30.4 Å². The number of hydrogen-bond donors (Lipinski definition) is 8. The zero-order valence-corrected chi connectivity index (χ0v) is 46.0. The van der Waals surface area contributed by atoms with Crippen LogP contribution >= 0.6 is 0 Å². The fourth-order valence-electron chi connectivity index (χ4n) is 10.7. The summed E-state index contributed by atoms with van der Waals surface area (Å²) in [6.07, 6.45) is 8.29. The van der Waals surface area contributed by atoms with Gasteiger partial charge in [0.15, 0.2) is 17.5 Å². The number of anilines is 3. The van der Waals surface area contributed by atoms with Crippen LogP contribution in [0.25, 0.3) is 10.8 Å². The molecule has 6 atom stereocenters. The van der Waals surface area contributed by atoms with Crippen LogP contribution in [0.1, 0.15) is 105 Å². The van der Waals surface area contributed by atoms with E-state index in [1.54, 1.807) is 36.1 Å². The third-order valence-corrected chi connectivity index (χ3v) is 15.5. The smallest absolute Gasteiger partial charge is 0.312 e. The fraction of sp³-hybridized carbons (Fsp3) is 0.361. The number of ether oxygens (including phenoxy) is 3. The summed E-state index contributed by atoms with van der Waals surface area (Å²) in [6.45, 7) is 9.77. The van der Waals surface area contributed by atoms with Gasteiger partial charge in [-0.15, -0.1) is 0 Å². The number of benzene rings is 5. The number of phenolic OH excluding ortho intramolecular Hbond substituents is 2. The van der Waals surface area contributed by atoms with E-state index in [4.69, 9.17) is 24.2 Å². The number of nitrogens with one attached hydrogen (secondary N) is 3. The highest BCUT2D eigenvalue weighted by atomic mass is 19.1. The van der Waals surface area contributed by atoms with E-state index in [2.05, 4.69) is 16.0 Å². The first kappa shape index (κ1) is 58.1. The second-order valence-corrected chi connectivity index (χ2v) is 21.5. The predicted molar refractivity (Wildman–Crippen MR) is 297 cm³/mol. The van der Waals surface area contributed by atoms with Gasteiger partial charge in [0.2, 0.25) is 5.79 Å². The number of halogens is 2. The molecule has 3 amide bonds. The van der Waals surface area contributed by atoms with Crippen LogP contribution < -0.4 is 36.3 Å². The van der Waals surface area contributed by atoms with Crippen molar-refractivity contribution in [3.63, 3.8) is 0 Å². The molecule has 5 aliphatic heterocycles. The molecule has 430 valence electrons. The molecule has 21 heteroatoms. The third-order valence-electron chi connectivity index (χ3n) is 15.5. The van der Waals surface area contributed by atoms with E-state index in [0.29, 0.717) is 19.3 Å². The molecule has 8 N–H and O–H groups in total. The Balaban J connectivity index is 1.08. The second kappa shape index (κ2) is 23.1. The van der Waals surface area contributed by atoms with Crippen LogP contribution in [-0.2, 0) is 29.6 Å². The van der Waals surface area contributed by atoms with Gasteiger partial charge in [0.05, 0.1) is 45.6 Å². The zero-order valence-electron chi connectivity index (χ0n) is 46.0. The summed E-state index contributed by atoms with van der Waals surface area (Å²) in [5, 5.41) is 65.9. The highest BCUT2D eigenvalue weighted by Gasteiger charge is 2.50. The maximum Gasteiger partial charge on any atom is 0.312 e. The minimum atomic E-state index is -3.08. The Morgan fingerprint density at radius 3 is 2.33 bits per heavy atom. The summed E-state index contributed by atoms with van der Waals surface area (Å²) in [5.41, 5.74) is -1.91. The number of nitrogens with zero attached hydrogens (tertiary/aromatic N) is 3. The number of ketones is 1. The number of aromatic hydroxyl groups is 2. The predicted octanol–water partition coefficient (Wildman–Crippen LogP) is 7.06. The van der Waals surface area contributed by atoms with Gasteiger partial charge in [-0.3, -0.25) is 34.0 Å². The van der Waals surface area contributed by atoms with Gasteiger partial charge in [0.25, 0.3) is 23.5 Å². The van der Waals surface area contributed by atoms with Gasteiger partial charge in [-0.1, -0.05) is 74.5 Å². The Hall–Kier alpha value is -8.53. The van der Waals surface area contributed by atoms with Crippen molar-refractivity contribution >= 4 is 57.3 Å². The number of carbonyl (C=O) groups is 5. The van der Waals surface area contributed by atoms with Gasteiger partial charge in [-0.2, -0.15) is 0 Å². The average molecular weight is 1130 g/mol. The molecule has 0 aliphatic carbocycles. The summed E-state index contributed by atoms with van der Waals surface area (Å²) in [5.74, 6) is -12.5. The van der Waals surface area contributed by atoms with Gasteiger partial charge in [0, 0.05) is 68.3 Å². The van der Waals surface area contributed by atoms with Crippen LogP contribution in [0.3, 0.4) is 0 Å². The monoisotopic (exact) mass is 1130 g/mol. The lowest BCUT2D eigenvalue weighted by molar-refractivity contribution is -0.191. The minimum absolute atomic E-state index is 0.00566. The largest absolute Gasteiger partial charge is 0.507 e. The normalized spacial score (nSPS) is 23.7. The molecule has 1 fully saturated rings. The van der Waals surface area contributed by atoms with Crippen molar-refractivity contribution in [1.82, 2.24) is 5.32 Å². The van der Waals surface area contributed by atoms with Crippen LogP contribution in [0.15, 0.2) is 119 Å². The molecule has 5 aliphatic rings. The third kappa shape index (κ3) is 11.5. The lowest BCUT2D eigenvalue weighted by atomic mass is 9.92. The SMILES string of the molecule is CC(=O)OC1CC(O)CCC(C)/C=C/C=C(/C)C(=O)Nc2c(O)c3c(O)c(C)c4c(c3c3c2=NC2(CCN(c5ccc(F)cc5NC(=O)C(NC(=O)c5ccccc5F)C(O)(O)c5ccccc5)CC2)N=3)C(=O)[C@](C)(O/C=C/C[C@H]1C)O4. The molecule has 0 aromatic heterocycles. The lowest BCUT2D eigenvalue weighted by Gasteiger charge is -2.38. The van der Waals surface area contributed by atoms with Gasteiger partial charge >= 0.3 is 11.8 Å². The number of phenols is 2. The van der Waals surface area contributed by atoms with E-state index < -0.39 is 93.7 Å². The minimum Gasteiger partial charge on any atom is -0.507 e. The summed E-state index contributed by atoms with van der Waals surface area (Å²) < 4.78 is 48.0. The first-order valence-electron chi connectivity index (χ1n) is 26.9. The Morgan fingerprint density at radius 2 is 1.62 bits per heavy atom. The molecule has 5 heterocycles. The molecule has 19 nitrogen and oxygen atoms in total. The van der Waals surface area contributed by atoms with Gasteiger partial charge in [-0.25, -0.2) is 8.78 Å². The Bertz CT molecular complexity index is 3620. The van der Waals surface area contributed by atoms with E-state index in [1.165, 1.54) is 69.5 Å². The van der Waals surface area contributed by atoms with Crippen molar-refractivity contribution in [3.8, 4) is 17.2 Å². The molecule has 0 saturated carbocycles. The number of amides is 3. The van der Waals surface area contributed by atoms with E-state index in [0.717, 1.165) is 24.3 Å². The van der Waals surface area contributed by atoms with E-state index >= 15 is 4.39 Å². The highest BCUT2D eigenvalue weighted by Crippen LogP contribution is 2.50.